The molecule has 0 aliphatic carbocycles. The lowest BCUT2D eigenvalue weighted by Crippen LogP contribution is -2.45. The topological polar surface area (TPSA) is 73.9 Å². The van der Waals surface area contributed by atoms with Crippen LogP contribution in [0.2, 0.25) is 0 Å². The van der Waals surface area contributed by atoms with E-state index in [1.54, 1.807) is 0 Å². The summed E-state index contributed by atoms with van der Waals surface area (Å²) < 4.78 is 16.4. The zero-order valence-corrected chi connectivity index (χ0v) is 20.9. The third kappa shape index (κ3) is 11.3. The molecule has 0 radical (unpaired) electrons. The smallest absolute Gasteiger partial charge is 0.408 e. The number of benzene rings is 2. The number of amides is 1. The van der Waals surface area contributed by atoms with Gasteiger partial charge >= 0.3 is 12.1 Å². The van der Waals surface area contributed by atoms with Gasteiger partial charge in [-0.25, -0.2) is 9.59 Å². The van der Waals surface area contributed by atoms with Crippen LogP contribution in [0.1, 0.15) is 51.2 Å². The van der Waals surface area contributed by atoms with Gasteiger partial charge in [0.05, 0.1) is 12.7 Å². The van der Waals surface area contributed by atoms with Crippen LogP contribution < -0.4 is 5.32 Å². The molecular formula is C28H39NO5. The first-order valence-electron chi connectivity index (χ1n) is 12.1. The van der Waals surface area contributed by atoms with Gasteiger partial charge in [0.1, 0.15) is 6.61 Å². The van der Waals surface area contributed by atoms with E-state index in [4.69, 9.17) is 14.2 Å². The Morgan fingerprint density at radius 3 is 2.29 bits per heavy atom. The number of carbonyl (C=O) groups excluding carboxylic acids is 2. The lowest BCUT2D eigenvalue weighted by Gasteiger charge is -2.20. The van der Waals surface area contributed by atoms with Gasteiger partial charge in [0.15, 0.2) is 6.04 Å². The van der Waals surface area contributed by atoms with Gasteiger partial charge < -0.3 is 19.5 Å². The number of nitrogens with one attached hydrogen (secondary N) is 1. The van der Waals surface area contributed by atoms with Crippen LogP contribution in [0, 0.1) is 18.8 Å². The third-order valence-corrected chi connectivity index (χ3v) is 5.50. The number of aryl methyl sites for hydroxylation is 1. The minimum absolute atomic E-state index is 0.0875. The van der Waals surface area contributed by atoms with Crippen LogP contribution in [-0.2, 0) is 25.6 Å². The summed E-state index contributed by atoms with van der Waals surface area (Å²) in [4.78, 5) is 24.4. The fourth-order valence-corrected chi connectivity index (χ4v) is 3.60. The molecule has 0 aromatic heterocycles. The Morgan fingerprint density at radius 1 is 1.06 bits per heavy atom. The van der Waals surface area contributed by atoms with Crippen molar-refractivity contribution in [2.75, 3.05) is 13.2 Å². The predicted molar refractivity (Wildman–Crippen MR) is 133 cm³/mol. The van der Waals surface area contributed by atoms with E-state index < -0.39 is 18.1 Å². The van der Waals surface area contributed by atoms with Crippen LogP contribution >= 0.6 is 0 Å². The van der Waals surface area contributed by atoms with Gasteiger partial charge in [-0.3, -0.25) is 0 Å². The van der Waals surface area contributed by atoms with Crippen LogP contribution in [0.4, 0.5) is 4.79 Å². The van der Waals surface area contributed by atoms with Crippen LogP contribution in [0.25, 0.3) is 0 Å². The van der Waals surface area contributed by atoms with E-state index in [1.807, 2.05) is 55.5 Å². The molecule has 1 fully saturated rings. The van der Waals surface area contributed by atoms with E-state index in [0.29, 0.717) is 18.4 Å². The molecule has 1 N–H and O–H groups in total. The summed E-state index contributed by atoms with van der Waals surface area (Å²) in [5, 5.41) is 2.56. The number of cyclic esters (lactones) is 1. The van der Waals surface area contributed by atoms with Gasteiger partial charge in [-0.15, -0.1) is 0 Å². The number of esters is 1. The van der Waals surface area contributed by atoms with Gasteiger partial charge in [-0.2, -0.15) is 0 Å². The van der Waals surface area contributed by atoms with Gasteiger partial charge in [0.25, 0.3) is 0 Å². The average molecular weight is 470 g/mol. The molecule has 3 rings (SSSR count). The molecule has 6 heteroatoms. The molecule has 34 heavy (non-hydrogen) atoms. The molecular weight excluding hydrogens is 430 g/mol. The molecule has 0 spiro atoms. The second kappa shape index (κ2) is 15.1. The molecule has 1 amide bonds. The second-order valence-electron chi connectivity index (χ2n) is 9.27. The van der Waals surface area contributed by atoms with E-state index in [0.717, 1.165) is 24.8 Å². The number of rotatable bonds is 6. The maximum absolute atomic E-state index is 12.3. The van der Waals surface area contributed by atoms with Gasteiger partial charge in [-0.05, 0) is 44.1 Å². The van der Waals surface area contributed by atoms with Crippen molar-refractivity contribution in [2.24, 2.45) is 11.8 Å². The van der Waals surface area contributed by atoms with Crippen molar-refractivity contribution < 1.29 is 23.8 Å². The Balaban J connectivity index is 0.000000497. The van der Waals surface area contributed by atoms with Crippen molar-refractivity contribution in [3.05, 3.63) is 71.8 Å². The Bertz CT molecular complexity index is 840. The van der Waals surface area contributed by atoms with Crippen molar-refractivity contribution in [3.63, 3.8) is 0 Å². The second-order valence-corrected chi connectivity index (χ2v) is 9.27. The first-order chi connectivity index (χ1) is 16.3. The van der Waals surface area contributed by atoms with Gasteiger partial charge in [-0.1, -0.05) is 86.5 Å². The van der Waals surface area contributed by atoms with Crippen molar-refractivity contribution in [1.82, 2.24) is 5.32 Å². The third-order valence-electron chi connectivity index (χ3n) is 5.50. The van der Waals surface area contributed by atoms with Crippen molar-refractivity contribution in [2.45, 2.75) is 65.7 Å². The zero-order valence-electron chi connectivity index (χ0n) is 20.9. The average Bonchev–Trinajstić information content (AvgIpc) is 2.87. The van der Waals surface area contributed by atoms with Gasteiger partial charge in [0.2, 0.25) is 0 Å². The standard InChI is InChI=1S/C21H31NO5.C7H8/c1-15(2)9-10-18-11-16(3)27-20(23)19(14-25-12-18)22-21(24)26-13-17-7-5-4-6-8-17;1-7-5-3-2-4-6-7/h4-8,15-16,18-19H,9-14H2,1-3H3,(H,22,24);2-6H,1H3/t16?,18?,19-;/m0./s1. The van der Waals surface area contributed by atoms with Crippen molar-refractivity contribution >= 4 is 12.1 Å². The number of carbonyl (C=O) groups is 2. The lowest BCUT2D eigenvalue weighted by atomic mass is 9.94. The van der Waals surface area contributed by atoms with Crippen molar-refractivity contribution in [1.29, 1.82) is 0 Å². The number of ether oxygens (including phenoxy) is 3. The number of hydrogen-bond donors (Lipinski definition) is 1. The highest BCUT2D eigenvalue weighted by Gasteiger charge is 2.28. The molecule has 186 valence electrons. The Kier molecular flexibility index (Phi) is 12.2. The monoisotopic (exact) mass is 469 g/mol. The molecule has 1 saturated heterocycles. The molecule has 6 nitrogen and oxygen atoms in total. The summed E-state index contributed by atoms with van der Waals surface area (Å²) in [5.74, 6) is 0.493. The first-order valence-corrected chi connectivity index (χ1v) is 12.1. The highest BCUT2D eigenvalue weighted by Crippen LogP contribution is 2.21. The van der Waals surface area contributed by atoms with Crippen molar-refractivity contribution in [3.8, 4) is 0 Å². The van der Waals surface area contributed by atoms with E-state index >= 15 is 0 Å². The lowest BCUT2D eigenvalue weighted by molar-refractivity contribution is -0.151. The Labute approximate surface area is 204 Å². The SMILES string of the molecule is CC(C)CCC1COC[C@H](NC(=O)OCc2ccccc2)C(=O)OC(C)C1.Cc1ccccc1. The minimum Gasteiger partial charge on any atom is -0.461 e. The summed E-state index contributed by atoms with van der Waals surface area (Å²) in [6.45, 7) is 9.15. The first kappa shape index (κ1) is 27.4. The molecule has 2 unspecified atom stereocenters. The molecule has 0 bridgehead atoms. The maximum Gasteiger partial charge on any atom is 0.408 e. The highest BCUT2D eigenvalue weighted by molar-refractivity contribution is 5.81. The minimum atomic E-state index is -0.862. The Morgan fingerprint density at radius 2 is 1.71 bits per heavy atom. The molecule has 2 aromatic carbocycles. The fraction of sp³-hybridized carbons (Fsp3) is 0.500. The summed E-state index contributed by atoms with van der Waals surface area (Å²) in [6, 6.07) is 18.8. The summed E-state index contributed by atoms with van der Waals surface area (Å²) in [5.41, 5.74) is 2.20. The maximum atomic E-state index is 12.3. The molecule has 1 aliphatic heterocycles. The molecule has 1 heterocycles. The van der Waals surface area contributed by atoms with Crippen LogP contribution in [-0.4, -0.2) is 37.4 Å². The molecule has 3 atom stereocenters. The van der Waals surface area contributed by atoms with E-state index in [-0.39, 0.29) is 19.3 Å². The Hall–Kier alpha value is -2.86. The van der Waals surface area contributed by atoms with Crippen LogP contribution in [0.3, 0.4) is 0 Å². The van der Waals surface area contributed by atoms with Crippen LogP contribution in [0.5, 0.6) is 0 Å². The molecule has 0 saturated carbocycles. The number of hydrogen-bond acceptors (Lipinski definition) is 5. The normalized spacial score (nSPS) is 20.6. The summed E-state index contributed by atoms with van der Waals surface area (Å²) >= 11 is 0. The largest absolute Gasteiger partial charge is 0.461 e. The quantitative estimate of drug-likeness (QED) is 0.551. The fourth-order valence-electron chi connectivity index (χ4n) is 3.60. The highest BCUT2D eigenvalue weighted by atomic mass is 16.6. The number of alkyl carbamates (subject to hydrolysis) is 1. The van der Waals surface area contributed by atoms with Gasteiger partial charge in [0, 0.05) is 6.61 Å². The summed E-state index contributed by atoms with van der Waals surface area (Å²) in [6.07, 6.45) is 2.05. The molecule has 1 aliphatic rings. The van der Waals surface area contributed by atoms with E-state index in [1.165, 1.54) is 5.56 Å². The summed E-state index contributed by atoms with van der Waals surface area (Å²) in [7, 11) is 0. The molecule has 2 aromatic rings. The predicted octanol–water partition coefficient (Wildman–Crippen LogP) is 5.68. The van der Waals surface area contributed by atoms with E-state index in [9.17, 15) is 9.59 Å². The van der Waals surface area contributed by atoms with Crippen LogP contribution in [0.15, 0.2) is 60.7 Å². The van der Waals surface area contributed by atoms with E-state index in [2.05, 4.69) is 38.2 Å². The zero-order chi connectivity index (χ0) is 24.8.